The van der Waals surface area contributed by atoms with Gasteiger partial charge in [-0.05, 0) is 20.8 Å². The fraction of sp³-hybridized carbons (Fsp3) is 0.889. The van der Waals surface area contributed by atoms with Crippen molar-refractivity contribution in [2.24, 2.45) is 0 Å². The molecule has 0 unspecified atom stereocenters. The zero-order valence-electron chi connectivity index (χ0n) is 9.26. The number of carbonyl (C=O) groups is 1. The number of hydrogen-bond acceptors (Lipinski definition) is 1. The van der Waals surface area contributed by atoms with E-state index < -0.39 is 18.8 Å². The van der Waals surface area contributed by atoms with Crippen LogP contribution in [0.15, 0.2) is 0 Å². The van der Waals surface area contributed by atoms with Crippen molar-refractivity contribution in [3.8, 4) is 0 Å². The molecule has 0 fully saturated rings. The first-order chi connectivity index (χ1) is 6.85. The molecule has 0 bridgehead atoms. The number of amides is 2. The van der Waals surface area contributed by atoms with E-state index in [1.165, 1.54) is 11.8 Å². The van der Waals surface area contributed by atoms with Crippen molar-refractivity contribution in [2.45, 2.75) is 26.9 Å². The van der Waals surface area contributed by atoms with Crippen LogP contribution in [0.4, 0.5) is 18.0 Å². The highest BCUT2D eigenvalue weighted by Crippen LogP contribution is 2.17. The van der Waals surface area contributed by atoms with Gasteiger partial charge in [-0.2, -0.15) is 13.2 Å². The Kier molecular flexibility index (Phi) is 5.46. The van der Waals surface area contributed by atoms with E-state index >= 15 is 0 Å². The molecule has 0 N–H and O–H groups in total. The number of halogens is 3. The second-order valence-electron chi connectivity index (χ2n) is 3.08. The SMILES string of the molecule is CCN(CC)C(=O)N(CC)CC(F)(F)F. The third-order valence-electron chi connectivity index (χ3n) is 2.06. The van der Waals surface area contributed by atoms with Crippen molar-refractivity contribution >= 4 is 6.03 Å². The minimum absolute atomic E-state index is 0.0643. The summed E-state index contributed by atoms with van der Waals surface area (Å²) in [5, 5.41) is 0. The van der Waals surface area contributed by atoms with Gasteiger partial charge in [-0.1, -0.05) is 0 Å². The van der Waals surface area contributed by atoms with Crippen LogP contribution in [0.25, 0.3) is 0 Å². The molecule has 0 saturated carbocycles. The largest absolute Gasteiger partial charge is 0.406 e. The summed E-state index contributed by atoms with van der Waals surface area (Å²) in [6.45, 7) is 4.74. The van der Waals surface area contributed by atoms with Gasteiger partial charge in [0.15, 0.2) is 0 Å². The van der Waals surface area contributed by atoms with Gasteiger partial charge in [0.1, 0.15) is 6.54 Å². The van der Waals surface area contributed by atoms with Crippen molar-refractivity contribution in [3.05, 3.63) is 0 Å². The molecule has 0 spiro atoms. The number of urea groups is 1. The van der Waals surface area contributed by atoms with Crippen LogP contribution in [0.5, 0.6) is 0 Å². The van der Waals surface area contributed by atoms with Gasteiger partial charge in [0.2, 0.25) is 0 Å². The van der Waals surface area contributed by atoms with Crippen molar-refractivity contribution in [1.82, 2.24) is 9.80 Å². The molecular weight excluding hydrogens is 209 g/mol. The zero-order chi connectivity index (χ0) is 12.1. The van der Waals surface area contributed by atoms with Gasteiger partial charge in [-0.25, -0.2) is 4.79 Å². The number of hydrogen-bond donors (Lipinski definition) is 0. The lowest BCUT2D eigenvalue weighted by Crippen LogP contribution is -2.46. The van der Waals surface area contributed by atoms with E-state index in [0.29, 0.717) is 13.1 Å². The number of carbonyl (C=O) groups excluding carboxylic acids is 1. The van der Waals surface area contributed by atoms with Crippen LogP contribution in [-0.2, 0) is 0 Å². The van der Waals surface area contributed by atoms with Gasteiger partial charge >= 0.3 is 12.2 Å². The van der Waals surface area contributed by atoms with Crippen LogP contribution in [0.3, 0.4) is 0 Å². The van der Waals surface area contributed by atoms with Crippen molar-refractivity contribution in [2.75, 3.05) is 26.2 Å². The molecular formula is C9H17F3N2O. The monoisotopic (exact) mass is 226 g/mol. The highest BCUT2D eigenvalue weighted by molar-refractivity contribution is 5.74. The smallest absolute Gasteiger partial charge is 0.325 e. The maximum Gasteiger partial charge on any atom is 0.406 e. The third-order valence-corrected chi connectivity index (χ3v) is 2.06. The Hall–Kier alpha value is -0.940. The second-order valence-corrected chi connectivity index (χ2v) is 3.08. The summed E-state index contributed by atoms with van der Waals surface area (Å²) >= 11 is 0. The minimum Gasteiger partial charge on any atom is -0.325 e. The number of nitrogens with zero attached hydrogens (tertiary/aromatic N) is 2. The summed E-state index contributed by atoms with van der Waals surface area (Å²) in [5.41, 5.74) is 0. The van der Waals surface area contributed by atoms with Crippen molar-refractivity contribution in [3.63, 3.8) is 0 Å². The normalized spacial score (nSPS) is 11.3. The second kappa shape index (κ2) is 5.82. The number of alkyl halides is 3. The first kappa shape index (κ1) is 14.1. The average Bonchev–Trinajstić information content (AvgIpc) is 2.14. The molecule has 0 aromatic carbocycles. The lowest BCUT2D eigenvalue weighted by molar-refractivity contribution is -0.140. The van der Waals surface area contributed by atoms with Gasteiger partial charge in [-0.3, -0.25) is 0 Å². The molecule has 0 aromatic rings. The van der Waals surface area contributed by atoms with Gasteiger partial charge < -0.3 is 9.80 Å². The molecule has 0 aromatic heterocycles. The van der Waals surface area contributed by atoms with Gasteiger partial charge in [0.05, 0.1) is 0 Å². The van der Waals surface area contributed by atoms with E-state index in [-0.39, 0.29) is 6.54 Å². The van der Waals surface area contributed by atoms with Crippen LogP contribution in [-0.4, -0.2) is 48.2 Å². The maximum atomic E-state index is 12.1. The summed E-state index contributed by atoms with van der Waals surface area (Å²) in [6, 6.07) is -0.556. The van der Waals surface area contributed by atoms with Gasteiger partial charge in [0.25, 0.3) is 0 Å². The molecule has 0 aliphatic rings. The lowest BCUT2D eigenvalue weighted by Gasteiger charge is -2.28. The first-order valence-corrected chi connectivity index (χ1v) is 4.96. The fourth-order valence-electron chi connectivity index (χ4n) is 1.23. The van der Waals surface area contributed by atoms with Crippen molar-refractivity contribution < 1.29 is 18.0 Å². The molecule has 0 aliphatic heterocycles. The van der Waals surface area contributed by atoms with Crippen LogP contribution in [0, 0.1) is 0 Å². The molecule has 6 heteroatoms. The molecule has 15 heavy (non-hydrogen) atoms. The third kappa shape index (κ3) is 4.90. The summed E-state index contributed by atoms with van der Waals surface area (Å²) < 4.78 is 36.3. The zero-order valence-corrected chi connectivity index (χ0v) is 9.26. The Bertz CT molecular complexity index is 202. The standard InChI is InChI=1S/C9H17F3N2O/c1-4-13(5-2)8(15)14(6-3)7-9(10,11)12/h4-7H2,1-3H3. The molecule has 0 rings (SSSR count). The molecule has 90 valence electrons. The highest BCUT2D eigenvalue weighted by Gasteiger charge is 2.33. The molecule has 0 saturated heterocycles. The Labute approximate surface area is 87.8 Å². The molecule has 0 heterocycles. The van der Waals surface area contributed by atoms with E-state index in [2.05, 4.69) is 0 Å². The average molecular weight is 226 g/mol. The predicted molar refractivity (Wildman–Crippen MR) is 51.6 cm³/mol. The van der Waals surface area contributed by atoms with Crippen LogP contribution < -0.4 is 0 Å². The van der Waals surface area contributed by atoms with Crippen molar-refractivity contribution in [1.29, 1.82) is 0 Å². The van der Waals surface area contributed by atoms with Gasteiger partial charge in [-0.15, -0.1) is 0 Å². The minimum atomic E-state index is -4.33. The Morgan fingerprint density at radius 3 is 1.67 bits per heavy atom. The van der Waals surface area contributed by atoms with Crippen LogP contribution >= 0.6 is 0 Å². The Morgan fingerprint density at radius 2 is 1.40 bits per heavy atom. The maximum absolute atomic E-state index is 12.1. The lowest BCUT2D eigenvalue weighted by atomic mass is 10.4. The predicted octanol–water partition coefficient (Wildman–Crippen LogP) is 2.33. The summed E-state index contributed by atoms with van der Waals surface area (Å²) in [4.78, 5) is 13.7. The van der Waals surface area contributed by atoms with E-state index in [1.807, 2.05) is 0 Å². The van der Waals surface area contributed by atoms with Gasteiger partial charge in [0, 0.05) is 19.6 Å². The quantitative estimate of drug-likeness (QED) is 0.721. The topological polar surface area (TPSA) is 23.6 Å². The molecule has 2 amide bonds. The molecule has 0 atom stereocenters. The van der Waals surface area contributed by atoms with Crippen LogP contribution in [0.2, 0.25) is 0 Å². The molecule has 3 nitrogen and oxygen atoms in total. The fourth-order valence-corrected chi connectivity index (χ4v) is 1.23. The summed E-state index contributed by atoms with van der Waals surface area (Å²) in [5.74, 6) is 0. The molecule has 0 aliphatic carbocycles. The van der Waals surface area contributed by atoms with E-state index in [4.69, 9.17) is 0 Å². The van der Waals surface area contributed by atoms with Crippen LogP contribution in [0.1, 0.15) is 20.8 Å². The Balaban J connectivity index is 4.46. The van der Waals surface area contributed by atoms with E-state index in [1.54, 1.807) is 13.8 Å². The summed E-state index contributed by atoms with van der Waals surface area (Å²) in [7, 11) is 0. The Morgan fingerprint density at radius 1 is 1.00 bits per heavy atom. The first-order valence-electron chi connectivity index (χ1n) is 4.96. The summed E-state index contributed by atoms with van der Waals surface area (Å²) in [6.07, 6.45) is -4.33. The van der Waals surface area contributed by atoms with E-state index in [9.17, 15) is 18.0 Å². The highest BCUT2D eigenvalue weighted by atomic mass is 19.4. The van der Waals surface area contributed by atoms with E-state index in [0.717, 1.165) is 4.90 Å². The molecule has 0 radical (unpaired) electrons. The number of rotatable bonds is 4.